The van der Waals surface area contributed by atoms with Crippen LogP contribution < -0.4 is 10.1 Å². The third-order valence-electron chi connectivity index (χ3n) is 5.30. The van der Waals surface area contributed by atoms with Crippen molar-refractivity contribution in [1.82, 2.24) is 4.90 Å². The number of amides is 1. The quantitative estimate of drug-likeness (QED) is 0.388. The van der Waals surface area contributed by atoms with E-state index in [0.717, 1.165) is 19.2 Å². The van der Waals surface area contributed by atoms with Gasteiger partial charge in [-0.15, -0.1) is 5.54 Å². The van der Waals surface area contributed by atoms with Gasteiger partial charge in [-0.05, 0) is 56.3 Å². The molecule has 34 heavy (non-hydrogen) atoms. The lowest BCUT2D eigenvalue weighted by Crippen LogP contribution is -2.36. The molecular formula is C25H28ClF3N2O2Si. The minimum atomic E-state index is -4.62. The van der Waals surface area contributed by atoms with Crippen LogP contribution in [0.25, 0.3) is 0 Å². The van der Waals surface area contributed by atoms with Gasteiger partial charge in [-0.1, -0.05) is 37.2 Å². The number of carbonyl (C=O) groups is 1. The Hall–Kier alpha value is -2.47. The molecule has 1 amide bonds. The molecule has 1 aliphatic rings. The zero-order valence-corrected chi connectivity index (χ0v) is 21.4. The lowest BCUT2D eigenvalue weighted by atomic mass is 10.1. The van der Waals surface area contributed by atoms with Crippen molar-refractivity contribution in [3.63, 3.8) is 0 Å². The average molecular weight is 509 g/mol. The second-order valence-electron chi connectivity index (χ2n) is 9.48. The van der Waals surface area contributed by atoms with Crippen LogP contribution in [0.15, 0.2) is 36.4 Å². The number of hydrogen-bond donors (Lipinski definition) is 1. The largest absolute Gasteiger partial charge is 0.490 e. The van der Waals surface area contributed by atoms with E-state index < -0.39 is 25.7 Å². The van der Waals surface area contributed by atoms with Crippen LogP contribution in [0.4, 0.5) is 18.9 Å². The number of hydrogen-bond acceptors (Lipinski definition) is 3. The van der Waals surface area contributed by atoms with E-state index in [1.54, 1.807) is 12.1 Å². The molecule has 1 N–H and O–H groups in total. The van der Waals surface area contributed by atoms with Crippen LogP contribution in [0.3, 0.4) is 0 Å². The van der Waals surface area contributed by atoms with Crippen molar-refractivity contribution in [3.8, 4) is 17.2 Å². The maximum Gasteiger partial charge on any atom is 0.420 e. The van der Waals surface area contributed by atoms with E-state index in [4.69, 9.17) is 16.3 Å². The van der Waals surface area contributed by atoms with E-state index >= 15 is 0 Å². The lowest BCUT2D eigenvalue weighted by Gasteiger charge is -2.30. The van der Waals surface area contributed by atoms with Crippen LogP contribution in [0, 0.1) is 11.5 Å². The van der Waals surface area contributed by atoms with Crippen molar-refractivity contribution in [1.29, 1.82) is 0 Å². The maximum atomic E-state index is 13.8. The summed E-state index contributed by atoms with van der Waals surface area (Å²) in [6.07, 6.45) is -3.58. The van der Waals surface area contributed by atoms with Crippen molar-refractivity contribution < 1.29 is 22.7 Å². The third-order valence-corrected chi connectivity index (χ3v) is 6.51. The Morgan fingerprint density at radius 3 is 2.44 bits per heavy atom. The molecule has 1 heterocycles. The minimum absolute atomic E-state index is 0.0257. The van der Waals surface area contributed by atoms with Gasteiger partial charge < -0.3 is 15.0 Å². The first kappa shape index (κ1) is 26.1. The number of nitrogens with zero attached hydrogens (tertiary/aromatic N) is 1. The number of benzene rings is 2. The Balaban J connectivity index is 1.81. The molecule has 3 rings (SSSR count). The van der Waals surface area contributed by atoms with Gasteiger partial charge in [0.2, 0.25) is 0 Å². The molecule has 0 saturated carbocycles. The number of nitrogens with one attached hydrogen (secondary N) is 1. The van der Waals surface area contributed by atoms with E-state index in [-0.39, 0.29) is 23.1 Å². The fourth-order valence-electron chi connectivity index (χ4n) is 3.43. The number of ether oxygens (including phenoxy) is 1. The Morgan fingerprint density at radius 2 is 1.82 bits per heavy atom. The van der Waals surface area contributed by atoms with Gasteiger partial charge in [0.15, 0.2) is 0 Å². The van der Waals surface area contributed by atoms with Crippen molar-refractivity contribution >= 4 is 31.3 Å². The molecule has 9 heteroatoms. The predicted octanol–water partition coefficient (Wildman–Crippen LogP) is 6.31. The normalized spacial score (nSPS) is 15.4. The van der Waals surface area contributed by atoms with Crippen LogP contribution in [0.5, 0.6) is 5.75 Å². The molecular weight excluding hydrogens is 481 g/mol. The second kappa shape index (κ2) is 10.4. The van der Waals surface area contributed by atoms with Gasteiger partial charge >= 0.3 is 6.18 Å². The SMILES string of the molecule is CN1CCC(Oc2ccc(NC(=O)c3ccc(Cl)c(C#C[Si](C)(C)C)c3)cc2C(F)(F)F)CC1. The van der Waals surface area contributed by atoms with E-state index in [9.17, 15) is 18.0 Å². The fraction of sp³-hybridized carbons (Fsp3) is 0.400. The Labute approximate surface area is 204 Å². The summed E-state index contributed by atoms with van der Waals surface area (Å²) in [6, 6.07) is 8.21. The summed E-state index contributed by atoms with van der Waals surface area (Å²) in [5.74, 6) is 2.24. The van der Waals surface area contributed by atoms with Crippen molar-refractivity contribution in [3.05, 3.63) is 58.1 Å². The number of carbonyl (C=O) groups excluding carboxylic acids is 1. The molecule has 4 nitrogen and oxygen atoms in total. The minimum Gasteiger partial charge on any atom is -0.490 e. The smallest absolute Gasteiger partial charge is 0.420 e. The van der Waals surface area contributed by atoms with E-state index in [0.29, 0.717) is 23.4 Å². The van der Waals surface area contributed by atoms with E-state index in [2.05, 4.69) is 41.3 Å². The first-order valence-corrected chi connectivity index (χ1v) is 14.9. The predicted molar refractivity (Wildman–Crippen MR) is 132 cm³/mol. The molecule has 0 atom stereocenters. The summed E-state index contributed by atoms with van der Waals surface area (Å²) in [5.41, 5.74) is 3.07. The van der Waals surface area contributed by atoms with Crippen molar-refractivity contribution in [2.75, 3.05) is 25.5 Å². The molecule has 0 aromatic heterocycles. The summed E-state index contributed by atoms with van der Waals surface area (Å²) in [4.78, 5) is 14.9. The summed E-state index contributed by atoms with van der Waals surface area (Å²) in [7, 11) is 0.311. The number of anilines is 1. The summed E-state index contributed by atoms with van der Waals surface area (Å²) >= 11 is 6.21. The van der Waals surface area contributed by atoms with Gasteiger partial charge in [-0.3, -0.25) is 4.79 Å². The highest BCUT2D eigenvalue weighted by Gasteiger charge is 2.36. The van der Waals surface area contributed by atoms with Gasteiger partial charge in [0, 0.05) is 29.9 Å². The molecule has 1 fully saturated rings. The molecule has 0 radical (unpaired) electrons. The fourth-order valence-corrected chi connectivity index (χ4v) is 4.11. The molecule has 1 aliphatic heterocycles. The van der Waals surface area contributed by atoms with Crippen LogP contribution in [-0.4, -0.2) is 45.1 Å². The van der Waals surface area contributed by atoms with Gasteiger partial charge in [0.1, 0.15) is 19.9 Å². The summed E-state index contributed by atoms with van der Waals surface area (Å²) in [6.45, 7) is 7.80. The molecule has 2 aromatic carbocycles. The van der Waals surface area contributed by atoms with Crippen LogP contribution in [0.2, 0.25) is 24.7 Å². The van der Waals surface area contributed by atoms with Crippen molar-refractivity contribution in [2.24, 2.45) is 0 Å². The van der Waals surface area contributed by atoms with Crippen LogP contribution >= 0.6 is 11.6 Å². The van der Waals surface area contributed by atoms with E-state index in [1.165, 1.54) is 18.2 Å². The van der Waals surface area contributed by atoms with Crippen molar-refractivity contribution in [2.45, 2.75) is 44.8 Å². The first-order chi connectivity index (χ1) is 15.8. The van der Waals surface area contributed by atoms with Gasteiger partial charge in [-0.25, -0.2) is 0 Å². The number of likely N-dealkylation sites (tertiary alicyclic amines) is 1. The molecule has 2 aromatic rings. The number of rotatable bonds is 4. The topological polar surface area (TPSA) is 41.6 Å². The summed E-state index contributed by atoms with van der Waals surface area (Å²) in [5, 5.41) is 2.96. The number of alkyl halides is 3. The Morgan fingerprint density at radius 1 is 1.15 bits per heavy atom. The molecule has 182 valence electrons. The highest BCUT2D eigenvalue weighted by Crippen LogP contribution is 2.39. The van der Waals surface area contributed by atoms with Crippen LogP contribution in [0.1, 0.15) is 34.3 Å². The zero-order valence-electron chi connectivity index (χ0n) is 19.6. The van der Waals surface area contributed by atoms with Crippen LogP contribution in [-0.2, 0) is 6.18 Å². The van der Waals surface area contributed by atoms with Gasteiger partial charge in [0.05, 0.1) is 10.6 Å². The monoisotopic (exact) mass is 508 g/mol. The molecule has 0 unspecified atom stereocenters. The molecule has 0 spiro atoms. The van der Waals surface area contributed by atoms with Gasteiger partial charge in [0.25, 0.3) is 5.91 Å². The average Bonchev–Trinajstić information content (AvgIpc) is 2.74. The number of piperidine rings is 1. The highest BCUT2D eigenvalue weighted by atomic mass is 35.5. The lowest BCUT2D eigenvalue weighted by molar-refractivity contribution is -0.139. The Kier molecular flexibility index (Phi) is 8.01. The summed E-state index contributed by atoms with van der Waals surface area (Å²) < 4.78 is 47.0. The van der Waals surface area contributed by atoms with E-state index in [1.807, 2.05) is 7.05 Å². The molecule has 1 saturated heterocycles. The standard InChI is InChI=1S/C25H28ClF3N2O2Si/c1-31-12-9-20(10-13-31)33-23-8-6-19(16-21(23)25(27,28)29)30-24(32)18-5-7-22(26)17(15-18)11-14-34(2,3)4/h5-8,15-16,20H,9-10,12-13H2,1-4H3,(H,30,32). The molecule has 0 bridgehead atoms. The number of halogens is 4. The van der Waals surface area contributed by atoms with Gasteiger partial charge in [-0.2, -0.15) is 13.2 Å². The second-order valence-corrected chi connectivity index (χ2v) is 14.6. The first-order valence-electron chi connectivity index (χ1n) is 11.0. The Bertz CT molecular complexity index is 1110. The highest BCUT2D eigenvalue weighted by molar-refractivity contribution is 6.83. The third kappa shape index (κ3) is 7.26. The zero-order chi connectivity index (χ0) is 25.1. The maximum absolute atomic E-state index is 13.8. The molecule has 0 aliphatic carbocycles.